The van der Waals surface area contributed by atoms with E-state index in [4.69, 9.17) is 4.98 Å². The average Bonchev–Trinajstić information content (AvgIpc) is 3.25. The van der Waals surface area contributed by atoms with Gasteiger partial charge in [0.25, 0.3) is 0 Å². The van der Waals surface area contributed by atoms with Crippen LogP contribution >= 0.6 is 15.9 Å². The molecule has 0 bridgehead atoms. The third-order valence-electron chi connectivity index (χ3n) is 4.58. The second kappa shape index (κ2) is 7.45. The van der Waals surface area contributed by atoms with Crippen molar-refractivity contribution < 1.29 is 4.79 Å². The molecule has 1 amide bonds. The van der Waals surface area contributed by atoms with E-state index in [1.807, 2.05) is 41.3 Å². The van der Waals surface area contributed by atoms with E-state index in [1.165, 1.54) is 0 Å². The van der Waals surface area contributed by atoms with Crippen molar-refractivity contribution in [2.75, 3.05) is 25.0 Å². The maximum Gasteiger partial charge on any atom is 0.222 e. The number of hydrogen-bond donors (Lipinski definition) is 1. The molecule has 26 heavy (non-hydrogen) atoms. The molecule has 2 aromatic heterocycles. The molecule has 1 fully saturated rings. The Morgan fingerprint density at radius 1 is 1.23 bits per heavy atom. The smallest absolute Gasteiger partial charge is 0.222 e. The van der Waals surface area contributed by atoms with Crippen LogP contribution in [-0.4, -0.2) is 45.0 Å². The Labute approximate surface area is 160 Å². The summed E-state index contributed by atoms with van der Waals surface area (Å²) in [6.07, 6.45) is 4.34. The van der Waals surface area contributed by atoms with Gasteiger partial charge in [0.05, 0.1) is 16.4 Å². The summed E-state index contributed by atoms with van der Waals surface area (Å²) >= 11 is 3.52. The number of hydrogen-bond acceptors (Lipinski definition) is 4. The van der Waals surface area contributed by atoms with Crippen molar-refractivity contribution in [2.45, 2.75) is 19.3 Å². The topological polar surface area (TPSA) is 62.5 Å². The molecular formula is C19H20BrN5O. The van der Waals surface area contributed by atoms with Gasteiger partial charge in [-0.1, -0.05) is 30.3 Å². The number of fused-ring (bicyclic) bond motifs is 1. The summed E-state index contributed by atoms with van der Waals surface area (Å²) in [6.45, 7) is 2.46. The molecule has 3 heterocycles. The third-order valence-corrected chi connectivity index (χ3v) is 5.14. The molecule has 1 aromatic carbocycles. The standard InChI is InChI=1S/C19H20BrN5O/c20-15-13-22-25-17(21-9-5-11-24-10-4-8-18(24)26)12-16(23-19(15)25)14-6-2-1-3-7-14/h1-3,6-7,12-13,21H,4-5,8-11H2. The van der Waals surface area contributed by atoms with Gasteiger partial charge in [-0.3, -0.25) is 4.79 Å². The summed E-state index contributed by atoms with van der Waals surface area (Å²) < 4.78 is 2.67. The number of nitrogens with zero attached hydrogens (tertiary/aromatic N) is 4. The van der Waals surface area contributed by atoms with Crippen molar-refractivity contribution in [2.24, 2.45) is 0 Å². The second-order valence-electron chi connectivity index (χ2n) is 6.39. The maximum absolute atomic E-state index is 11.7. The summed E-state index contributed by atoms with van der Waals surface area (Å²) in [5.74, 6) is 1.17. The van der Waals surface area contributed by atoms with E-state index in [9.17, 15) is 4.79 Å². The number of likely N-dealkylation sites (tertiary alicyclic amines) is 1. The fourth-order valence-corrected chi connectivity index (χ4v) is 3.59. The molecule has 7 heteroatoms. The lowest BCUT2D eigenvalue weighted by atomic mass is 10.1. The summed E-state index contributed by atoms with van der Waals surface area (Å²) in [7, 11) is 0. The van der Waals surface area contributed by atoms with Gasteiger partial charge in [-0.15, -0.1) is 0 Å². The molecule has 3 aromatic rings. The van der Waals surface area contributed by atoms with Gasteiger partial charge in [0.15, 0.2) is 5.65 Å². The summed E-state index contributed by atoms with van der Waals surface area (Å²) in [4.78, 5) is 18.4. The minimum absolute atomic E-state index is 0.277. The molecule has 0 saturated carbocycles. The Balaban J connectivity index is 1.53. The van der Waals surface area contributed by atoms with Gasteiger partial charge in [-0.2, -0.15) is 9.61 Å². The molecule has 1 saturated heterocycles. The maximum atomic E-state index is 11.7. The minimum atomic E-state index is 0.277. The Morgan fingerprint density at radius 2 is 2.08 bits per heavy atom. The molecule has 1 aliphatic rings. The largest absolute Gasteiger partial charge is 0.370 e. The highest BCUT2D eigenvalue weighted by Crippen LogP contribution is 2.25. The minimum Gasteiger partial charge on any atom is -0.370 e. The molecule has 1 aliphatic heterocycles. The van der Waals surface area contributed by atoms with Crippen LogP contribution in [0.4, 0.5) is 5.82 Å². The molecular weight excluding hydrogens is 394 g/mol. The fourth-order valence-electron chi connectivity index (χ4n) is 3.25. The Hall–Kier alpha value is -2.41. The molecule has 0 aliphatic carbocycles. The average molecular weight is 414 g/mol. The van der Waals surface area contributed by atoms with Crippen molar-refractivity contribution in [1.82, 2.24) is 19.5 Å². The summed E-state index contributed by atoms with van der Waals surface area (Å²) in [5.41, 5.74) is 2.74. The third kappa shape index (κ3) is 3.44. The van der Waals surface area contributed by atoms with Gasteiger partial charge >= 0.3 is 0 Å². The van der Waals surface area contributed by atoms with E-state index in [1.54, 1.807) is 10.7 Å². The first-order chi connectivity index (χ1) is 12.7. The van der Waals surface area contributed by atoms with Crippen LogP contribution in [0.5, 0.6) is 0 Å². The van der Waals surface area contributed by atoms with Crippen LogP contribution in [0.1, 0.15) is 19.3 Å². The first-order valence-corrected chi connectivity index (χ1v) is 9.63. The van der Waals surface area contributed by atoms with E-state index in [0.717, 1.165) is 59.7 Å². The number of amides is 1. The number of aromatic nitrogens is 3. The number of benzene rings is 1. The zero-order valence-electron chi connectivity index (χ0n) is 14.4. The van der Waals surface area contributed by atoms with E-state index in [2.05, 4.69) is 26.3 Å². The highest BCUT2D eigenvalue weighted by molar-refractivity contribution is 9.10. The van der Waals surface area contributed by atoms with Gasteiger partial charge < -0.3 is 10.2 Å². The van der Waals surface area contributed by atoms with E-state index < -0.39 is 0 Å². The number of nitrogens with one attached hydrogen (secondary N) is 1. The summed E-state index contributed by atoms with van der Waals surface area (Å²) in [6, 6.07) is 12.1. The zero-order valence-corrected chi connectivity index (χ0v) is 15.9. The molecule has 1 N–H and O–H groups in total. The monoisotopic (exact) mass is 413 g/mol. The predicted octanol–water partition coefficient (Wildman–Crippen LogP) is 3.58. The van der Waals surface area contributed by atoms with E-state index >= 15 is 0 Å². The zero-order chi connectivity index (χ0) is 17.9. The van der Waals surface area contributed by atoms with Gasteiger partial charge in [0.1, 0.15) is 5.82 Å². The number of anilines is 1. The molecule has 0 unspecified atom stereocenters. The van der Waals surface area contributed by atoms with Crippen molar-refractivity contribution in [3.8, 4) is 11.3 Å². The van der Waals surface area contributed by atoms with Crippen LogP contribution in [0.2, 0.25) is 0 Å². The van der Waals surface area contributed by atoms with Gasteiger partial charge in [0.2, 0.25) is 5.91 Å². The number of carbonyl (C=O) groups excluding carboxylic acids is 1. The van der Waals surface area contributed by atoms with E-state index in [-0.39, 0.29) is 5.91 Å². The van der Waals surface area contributed by atoms with Crippen LogP contribution in [0.3, 0.4) is 0 Å². The van der Waals surface area contributed by atoms with Gasteiger partial charge in [0, 0.05) is 37.7 Å². The van der Waals surface area contributed by atoms with Crippen LogP contribution in [0, 0.1) is 0 Å². The van der Waals surface area contributed by atoms with Crippen molar-refractivity contribution in [1.29, 1.82) is 0 Å². The second-order valence-corrected chi connectivity index (χ2v) is 7.24. The highest BCUT2D eigenvalue weighted by Gasteiger charge is 2.19. The lowest BCUT2D eigenvalue weighted by Crippen LogP contribution is -2.27. The first-order valence-electron chi connectivity index (χ1n) is 8.84. The van der Waals surface area contributed by atoms with Crippen LogP contribution in [-0.2, 0) is 4.79 Å². The number of halogens is 1. The fraction of sp³-hybridized carbons (Fsp3) is 0.316. The normalized spacial score (nSPS) is 14.3. The first kappa shape index (κ1) is 17.0. The number of rotatable bonds is 6. The lowest BCUT2D eigenvalue weighted by Gasteiger charge is -2.16. The molecule has 0 spiro atoms. The molecule has 4 rings (SSSR count). The van der Waals surface area contributed by atoms with Crippen molar-refractivity contribution in [3.05, 3.63) is 47.1 Å². The van der Waals surface area contributed by atoms with Gasteiger partial charge in [-0.25, -0.2) is 4.98 Å². The Morgan fingerprint density at radius 3 is 2.85 bits per heavy atom. The molecule has 0 atom stereocenters. The molecule has 6 nitrogen and oxygen atoms in total. The van der Waals surface area contributed by atoms with Crippen LogP contribution in [0.15, 0.2) is 47.1 Å². The van der Waals surface area contributed by atoms with Crippen molar-refractivity contribution >= 4 is 33.3 Å². The molecule has 134 valence electrons. The lowest BCUT2D eigenvalue weighted by molar-refractivity contribution is -0.127. The number of carbonyl (C=O) groups is 1. The van der Waals surface area contributed by atoms with Crippen LogP contribution < -0.4 is 5.32 Å². The van der Waals surface area contributed by atoms with Crippen LogP contribution in [0.25, 0.3) is 16.9 Å². The quantitative estimate of drug-likeness (QED) is 0.627. The molecule has 0 radical (unpaired) electrons. The van der Waals surface area contributed by atoms with Crippen molar-refractivity contribution in [3.63, 3.8) is 0 Å². The van der Waals surface area contributed by atoms with Gasteiger partial charge in [-0.05, 0) is 28.8 Å². The Bertz CT molecular complexity index is 924. The Kier molecular flexibility index (Phi) is 4.88. The van der Waals surface area contributed by atoms with E-state index in [0.29, 0.717) is 6.42 Å². The summed E-state index contributed by atoms with van der Waals surface area (Å²) in [5, 5.41) is 7.85. The highest BCUT2D eigenvalue weighted by atomic mass is 79.9. The SMILES string of the molecule is O=C1CCCN1CCCNc1cc(-c2ccccc2)nc2c(Br)cnn12. The predicted molar refractivity (Wildman–Crippen MR) is 105 cm³/mol.